The summed E-state index contributed by atoms with van der Waals surface area (Å²) < 4.78 is 0. The predicted octanol–water partition coefficient (Wildman–Crippen LogP) is 2.95. The molecule has 0 heterocycles. The van der Waals surface area contributed by atoms with Crippen molar-refractivity contribution in [2.75, 3.05) is 0 Å². The first-order valence-corrected chi connectivity index (χ1v) is 6.28. The molecule has 0 amide bonds. The molecule has 0 saturated heterocycles. The van der Waals surface area contributed by atoms with Crippen LogP contribution in [0, 0.1) is 5.41 Å². The van der Waals surface area contributed by atoms with Crippen molar-refractivity contribution in [1.29, 1.82) is 0 Å². The fourth-order valence-electron chi connectivity index (χ4n) is 1.86. The molecular formula is C15H23NO. The van der Waals surface area contributed by atoms with Crippen molar-refractivity contribution in [3.63, 3.8) is 0 Å². The Balaban J connectivity index is 2.65. The highest BCUT2D eigenvalue weighted by molar-refractivity contribution is 5.84. The molecule has 94 valence electrons. The molecule has 1 unspecified atom stereocenters. The number of rotatable bonds is 6. The quantitative estimate of drug-likeness (QED) is 0.821. The Bertz CT molecular complexity index is 356. The molecular weight excluding hydrogens is 210 g/mol. The van der Waals surface area contributed by atoms with Gasteiger partial charge < -0.3 is 5.73 Å². The van der Waals surface area contributed by atoms with E-state index in [1.54, 1.807) is 0 Å². The van der Waals surface area contributed by atoms with Crippen LogP contribution in [-0.4, -0.2) is 11.8 Å². The van der Waals surface area contributed by atoms with Crippen LogP contribution >= 0.6 is 0 Å². The first kappa shape index (κ1) is 13.9. The molecule has 0 aliphatic carbocycles. The lowest BCUT2D eigenvalue weighted by atomic mass is 9.79. The minimum atomic E-state index is -0.325. The molecule has 0 spiro atoms. The second-order valence-corrected chi connectivity index (χ2v) is 5.34. The van der Waals surface area contributed by atoms with Gasteiger partial charge in [0.2, 0.25) is 0 Å². The number of nitrogens with two attached hydrogens (primary N) is 1. The number of carbonyl (C=O) groups is 1. The van der Waals surface area contributed by atoms with Gasteiger partial charge >= 0.3 is 0 Å². The molecule has 1 rings (SSSR count). The molecule has 0 saturated carbocycles. The molecule has 1 aromatic rings. The Labute approximate surface area is 104 Å². The van der Waals surface area contributed by atoms with Gasteiger partial charge in [-0.05, 0) is 18.4 Å². The van der Waals surface area contributed by atoms with E-state index in [-0.39, 0.29) is 17.2 Å². The second-order valence-electron chi connectivity index (χ2n) is 5.34. The van der Waals surface area contributed by atoms with Crippen molar-refractivity contribution in [3.05, 3.63) is 35.9 Å². The number of benzene rings is 1. The van der Waals surface area contributed by atoms with Gasteiger partial charge in [0, 0.05) is 17.9 Å². The van der Waals surface area contributed by atoms with E-state index in [4.69, 9.17) is 5.73 Å². The van der Waals surface area contributed by atoms with E-state index >= 15 is 0 Å². The summed E-state index contributed by atoms with van der Waals surface area (Å²) in [6, 6.07) is 10.1. The van der Waals surface area contributed by atoms with Gasteiger partial charge in [0.25, 0.3) is 0 Å². The molecule has 0 aromatic heterocycles. The van der Waals surface area contributed by atoms with Crippen LogP contribution in [0.3, 0.4) is 0 Å². The Morgan fingerprint density at radius 2 is 1.88 bits per heavy atom. The van der Waals surface area contributed by atoms with Crippen molar-refractivity contribution in [3.8, 4) is 0 Å². The van der Waals surface area contributed by atoms with Crippen LogP contribution in [0.2, 0.25) is 0 Å². The number of hydrogen-bond donors (Lipinski definition) is 1. The van der Waals surface area contributed by atoms with E-state index in [0.29, 0.717) is 6.42 Å². The first-order valence-electron chi connectivity index (χ1n) is 6.28. The van der Waals surface area contributed by atoms with Crippen LogP contribution in [0.4, 0.5) is 0 Å². The van der Waals surface area contributed by atoms with Gasteiger partial charge in [-0.1, -0.05) is 51.1 Å². The summed E-state index contributed by atoms with van der Waals surface area (Å²) in [5.41, 5.74) is 6.72. The minimum Gasteiger partial charge on any atom is -0.327 e. The lowest BCUT2D eigenvalue weighted by Crippen LogP contribution is -2.33. The molecule has 2 nitrogen and oxygen atoms in total. The lowest BCUT2D eigenvalue weighted by molar-refractivity contribution is -0.127. The van der Waals surface area contributed by atoms with Crippen molar-refractivity contribution in [2.24, 2.45) is 11.1 Å². The summed E-state index contributed by atoms with van der Waals surface area (Å²) in [6.07, 6.45) is 2.12. The molecule has 0 bridgehead atoms. The van der Waals surface area contributed by atoms with Crippen LogP contribution in [-0.2, 0) is 11.2 Å². The lowest BCUT2D eigenvalue weighted by Gasteiger charge is -2.24. The Morgan fingerprint density at radius 1 is 1.29 bits per heavy atom. The van der Waals surface area contributed by atoms with Gasteiger partial charge in [0.1, 0.15) is 5.78 Å². The Hall–Kier alpha value is -1.15. The normalized spacial score (nSPS) is 13.4. The van der Waals surface area contributed by atoms with Crippen molar-refractivity contribution in [1.82, 2.24) is 0 Å². The number of ketones is 1. The standard InChI is InChI=1S/C15H23NO/c1-4-13(16)10-14(17)15(2,3)11-12-8-6-5-7-9-12/h5-9,13H,4,10-11,16H2,1-3H3. The van der Waals surface area contributed by atoms with Crippen LogP contribution in [0.15, 0.2) is 30.3 Å². The molecule has 0 aliphatic heterocycles. The highest BCUT2D eigenvalue weighted by atomic mass is 16.1. The van der Waals surface area contributed by atoms with Crippen molar-refractivity contribution in [2.45, 2.75) is 46.1 Å². The Kier molecular flexibility index (Phi) is 4.88. The summed E-state index contributed by atoms with van der Waals surface area (Å²) >= 11 is 0. The van der Waals surface area contributed by atoms with Gasteiger partial charge in [0.15, 0.2) is 0 Å². The number of Topliss-reactive ketones (excluding diaryl/α,β-unsaturated/α-hetero) is 1. The molecule has 1 atom stereocenters. The zero-order valence-corrected chi connectivity index (χ0v) is 11.1. The van der Waals surface area contributed by atoms with Crippen molar-refractivity contribution < 1.29 is 4.79 Å². The van der Waals surface area contributed by atoms with E-state index in [1.165, 1.54) is 5.56 Å². The largest absolute Gasteiger partial charge is 0.327 e. The summed E-state index contributed by atoms with van der Waals surface area (Å²) in [7, 11) is 0. The van der Waals surface area contributed by atoms with Gasteiger partial charge in [-0.3, -0.25) is 4.79 Å². The fourth-order valence-corrected chi connectivity index (χ4v) is 1.86. The molecule has 0 radical (unpaired) electrons. The third-order valence-electron chi connectivity index (χ3n) is 3.22. The van der Waals surface area contributed by atoms with E-state index in [1.807, 2.05) is 39.0 Å². The molecule has 1 aromatic carbocycles. The van der Waals surface area contributed by atoms with Gasteiger partial charge in [-0.15, -0.1) is 0 Å². The van der Waals surface area contributed by atoms with Gasteiger partial charge in [-0.2, -0.15) is 0 Å². The van der Waals surface area contributed by atoms with E-state index in [2.05, 4.69) is 12.1 Å². The van der Waals surface area contributed by atoms with E-state index in [0.717, 1.165) is 12.8 Å². The van der Waals surface area contributed by atoms with Crippen LogP contribution in [0.5, 0.6) is 0 Å². The summed E-state index contributed by atoms with van der Waals surface area (Å²) in [4.78, 5) is 12.2. The van der Waals surface area contributed by atoms with Crippen LogP contribution in [0.25, 0.3) is 0 Å². The topological polar surface area (TPSA) is 43.1 Å². The highest BCUT2D eigenvalue weighted by Gasteiger charge is 2.28. The smallest absolute Gasteiger partial charge is 0.140 e. The zero-order valence-electron chi connectivity index (χ0n) is 11.1. The average Bonchev–Trinajstić information content (AvgIpc) is 2.29. The molecule has 2 N–H and O–H groups in total. The molecule has 0 aliphatic rings. The Morgan fingerprint density at radius 3 is 2.41 bits per heavy atom. The molecule has 17 heavy (non-hydrogen) atoms. The predicted molar refractivity (Wildman–Crippen MR) is 71.8 cm³/mol. The highest BCUT2D eigenvalue weighted by Crippen LogP contribution is 2.25. The average molecular weight is 233 g/mol. The molecule has 2 heteroatoms. The first-order chi connectivity index (χ1) is 7.95. The third-order valence-corrected chi connectivity index (χ3v) is 3.22. The maximum absolute atomic E-state index is 12.2. The van der Waals surface area contributed by atoms with Gasteiger partial charge in [-0.25, -0.2) is 0 Å². The minimum absolute atomic E-state index is 0.00227. The number of hydrogen-bond acceptors (Lipinski definition) is 2. The third kappa shape index (κ3) is 4.31. The monoisotopic (exact) mass is 233 g/mol. The SMILES string of the molecule is CCC(N)CC(=O)C(C)(C)Cc1ccccc1. The zero-order chi connectivity index (χ0) is 12.9. The summed E-state index contributed by atoms with van der Waals surface area (Å²) in [6.45, 7) is 6.03. The van der Waals surface area contributed by atoms with E-state index in [9.17, 15) is 4.79 Å². The number of carbonyl (C=O) groups excluding carboxylic acids is 1. The summed E-state index contributed by atoms with van der Waals surface area (Å²) in [5, 5.41) is 0. The molecule has 0 fully saturated rings. The van der Waals surface area contributed by atoms with Crippen LogP contribution in [0.1, 0.15) is 39.2 Å². The maximum Gasteiger partial charge on any atom is 0.140 e. The summed E-state index contributed by atoms with van der Waals surface area (Å²) in [5.74, 6) is 0.260. The second kappa shape index (κ2) is 5.97. The van der Waals surface area contributed by atoms with Crippen molar-refractivity contribution >= 4 is 5.78 Å². The maximum atomic E-state index is 12.2. The van der Waals surface area contributed by atoms with E-state index < -0.39 is 0 Å². The fraction of sp³-hybridized carbons (Fsp3) is 0.533. The van der Waals surface area contributed by atoms with Crippen LogP contribution < -0.4 is 5.73 Å². The van der Waals surface area contributed by atoms with Gasteiger partial charge in [0.05, 0.1) is 0 Å².